The molecule has 0 aliphatic heterocycles. The summed E-state index contributed by atoms with van der Waals surface area (Å²) in [5.74, 6) is 2.47. The van der Waals surface area contributed by atoms with Gasteiger partial charge in [-0.1, -0.05) is 60.7 Å². The molecule has 0 saturated carbocycles. The average Bonchev–Trinajstić information content (AvgIpc) is 3.26. The van der Waals surface area contributed by atoms with Gasteiger partial charge in [0.1, 0.15) is 23.9 Å². The number of hydrogen-bond donors (Lipinski definition) is 1. The fourth-order valence-corrected chi connectivity index (χ4v) is 3.79. The number of imidazole rings is 1. The van der Waals surface area contributed by atoms with E-state index in [0.717, 1.165) is 39.8 Å². The van der Waals surface area contributed by atoms with Crippen molar-refractivity contribution in [1.82, 2.24) is 9.38 Å². The first-order chi connectivity index (χ1) is 16.3. The summed E-state index contributed by atoms with van der Waals surface area (Å²) in [6.45, 7) is 1.17. The molecule has 5 rings (SSSR count). The Labute approximate surface area is 193 Å². The number of methoxy groups -OCH3 is 1. The van der Waals surface area contributed by atoms with Crippen molar-refractivity contribution in [3.63, 3.8) is 0 Å². The fraction of sp³-hybridized carbons (Fsp3) is 0.107. The molecule has 5 nitrogen and oxygen atoms in total. The zero-order valence-corrected chi connectivity index (χ0v) is 18.4. The van der Waals surface area contributed by atoms with Crippen LogP contribution in [-0.4, -0.2) is 16.5 Å². The third-order valence-electron chi connectivity index (χ3n) is 5.52. The molecule has 3 aromatic carbocycles. The van der Waals surface area contributed by atoms with Crippen LogP contribution in [0.1, 0.15) is 11.1 Å². The van der Waals surface area contributed by atoms with E-state index in [2.05, 4.69) is 34.0 Å². The van der Waals surface area contributed by atoms with Gasteiger partial charge in [0.15, 0.2) is 11.4 Å². The van der Waals surface area contributed by atoms with Crippen LogP contribution in [0.4, 0.5) is 5.82 Å². The second-order valence-electron chi connectivity index (χ2n) is 7.72. The van der Waals surface area contributed by atoms with Crippen LogP contribution in [0.15, 0.2) is 103 Å². The van der Waals surface area contributed by atoms with Gasteiger partial charge in [0.05, 0.1) is 7.11 Å². The summed E-state index contributed by atoms with van der Waals surface area (Å²) in [6.07, 6.45) is 2.01. The summed E-state index contributed by atoms with van der Waals surface area (Å²) in [7, 11) is 1.67. The van der Waals surface area contributed by atoms with E-state index in [9.17, 15) is 0 Å². The minimum absolute atomic E-state index is 0.484. The summed E-state index contributed by atoms with van der Waals surface area (Å²) < 4.78 is 13.6. The van der Waals surface area contributed by atoms with E-state index < -0.39 is 0 Å². The summed E-state index contributed by atoms with van der Waals surface area (Å²) in [5, 5.41) is 3.59. The summed E-state index contributed by atoms with van der Waals surface area (Å²) in [5.41, 5.74) is 4.96. The molecule has 164 valence electrons. The molecule has 0 radical (unpaired) electrons. The number of nitrogens with zero attached hydrogens (tertiary/aromatic N) is 2. The number of ether oxygens (including phenoxy) is 2. The van der Waals surface area contributed by atoms with Gasteiger partial charge in [0, 0.05) is 18.3 Å². The Morgan fingerprint density at radius 2 is 1.48 bits per heavy atom. The first kappa shape index (κ1) is 20.6. The van der Waals surface area contributed by atoms with Crippen molar-refractivity contribution >= 4 is 11.5 Å². The van der Waals surface area contributed by atoms with Crippen LogP contribution in [0.3, 0.4) is 0 Å². The van der Waals surface area contributed by atoms with E-state index in [0.29, 0.717) is 13.2 Å². The number of nitrogens with one attached hydrogen (secondary N) is 1. The van der Waals surface area contributed by atoms with Crippen LogP contribution in [0.5, 0.6) is 11.5 Å². The van der Waals surface area contributed by atoms with Gasteiger partial charge in [-0.15, -0.1) is 0 Å². The lowest BCUT2D eigenvalue weighted by Crippen LogP contribution is -2.04. The van der Waals surface area contributed by atoms with Crippen molar-refractivity contribution in [3.8, 4) is 22.8 Å². The molecule has 0 saturated heterocycles. The molecule has 0 atom stereocenters. The highest BCUT2D eigenvalue weighted by Crippen LogP contribution is 2.33. The topological polar surface area (TPSA) is 47.8 Å². The quantitative estimate of drug-likeness (QED) is 0.315. The zero-order valence-electron chi connectivity index (χ0n) is 18.4. The molecule has 2 heterocycles. The van der Waals surface area contributed by atoms with E-state index in [1.165, 1.54) is 5.56 Å². The van der Waals surface area contributed by atoms with Gasteiger partial charge < -0.3 is 14.8 Å². The normalized spacial score (nSPS) is 10.8. The van der Waals surface area contributed by atoms with Crippen LogP contribution in [-0.2, 0) is 13.2 Å². The van der Waals surface area contributed by atoms with E-state index in [1.54, 1.807) is 7.11 Å². The Kier molecular flexibility index (Phi) is 5.93. The third kappa shape index (κ3) is 4.53. The van der Waals surface area contributed by atoms with Crippen LogP contribution < -0.4 is 14.8 Å². The Balaban J connectivity index is 1.53. The maximum Gasteiger partial charge on any atom is 0.181 e. The highest BCUT2D eigenvalue weighted by molar-refractivity contribution is 5.78. The molecule has 0 fully saturated rings. The minimum Gasteiger partial charge on any atom is -0.497 e. The molecule has 5 aromatic rings. The van der Waals surface area contributed by atoms with Crippen molar-refractivity contribution < 1.29 is 9.47 Å². The van der Waals surface area contributed by atoms with Crippen molar-refractivity contribution in [2.75, 3.05) is 12.4 Å². The van der Waals surface area contributed by atoms with Crippen LogP contribution in [0, 0.1) is 0 Å². The number of aromatic nitrogens is 2. The smallest absolute Gasteiger partial charge is 0.181 e. The number of pyridine rings is 1. The summed E-state index contributed by atoms with van der Waals surface area (Å²) in [4.78, 5) is 5.00. The van der Waals surface area contributed by atoms with Crippen molar-refractivity contribution in [2.24, 2.45) is 0 Å². The maximum absolute atomic E-state index is 6.18. The van der Waals surface area contributed by atoms with E-state index in [4.69, 9.17) is 14.5 Å². The second-order valence-corrected chi connectivity index (χ2v) is 7.72. The molecule has 5 heteroatoms. The van der Waals surface area contributed by atoms with E-state index >= 15 is 0 Å². The molecule has 2 aromatic heterocycles. The minimum atomic E-state index is 0.484. The first-order valence-electron chi connectivity index (χ1n) is 10.9. The molecule has 0 unspecified atom stereocenters. The SMILES string of the molecule is COc1ccc(-c2nc3c(OCc4ccccc4)cccn3c2NCc2ccccc2)cc1. The number of benzene rings is 3. The highest BCUT2D eigenvalue weighted by atomic mass is 16.5. The maximum atomic E-state index is 6.18. The van der Waals surface area contributed by atoms with Gasteiger partial charge in [0.2, 0.25) is 0 Å². The van der Waals surface area contributed by atoms with Gasteiger partial charge in [-0.2, -0.15) is 0 Å². The van der Waals surface area contributed by atoms with Crippen LogP contribution in [0.25, 0.3) is 16.9 Å². The molecule has 33 heavy (non-hydrogen) atoms. The Hall–Kier alpha value is -4.25. The average molecular weight is 436 g/mol. The van der Waals surface area contributed by atoms with Gasteiger partial charge in [-0.05, 0) is 47.5 Å². The molecule has 0 aliphatic rings. The summed E-state index contributed by atoms with van der Waals surface area (Å²) >= 11 is 0. The van der Waals surface area contributed by atoms with Crippen molar-refractivity contribution in [3.05, 3.63) is 114 Å². The molecule has 0 bridgehead atoms. The number of hydrogen-bond acceptors (Lipinski definition) is 4. The fourth-order valence-electron chi connectivity index (χ4n) is 3.79. The number of anilines is 1. The summed E-state index contributed by atoms with van der Waals surface area (Å²) in [6, 6.07) is 32.4. The zero-order chi connectivity index (χ0) is 22.5. The predicted molar refractivity (Wildman–Crippen MR) is 132 cm³/mol. The molecule has 0 spiro atoms. The lowest BCUT2D eigenvalue weighted by atomic mass is 10.1. The lowest BCUT2D eigenvalue weighted by Gasteiger charge is -2.11. The molecular formula is C28H25N3O2. The van der Waals surface area contributed by atoms with E-state index in [1.807, 2.05) is 79.0 Å². The van der Waals surface area contributed by atoms with Crippen LogP contribution in [0.2, 0.25) is 0 Å². The van der Waals surface area contributed by atoms with Crippen molar-refractivity contribution in [1.29, 1.82) is 0 Å². The standard InChI is InChI=1S/C28H25N3O2/c1-32-24-16-14-23(15-17-24)26-28(29-19-21-9-4-2-5-10-21)31-18-8-13-25(27(31)30-26)33-20-22-11-6-3-7-12-22/h2-18,29H,19-20H2,1H3. The Morgan fingerprint density at radius 1 is 0.788 bits per heavy atom. The molecular weight excluding hydrogens is 410 g/mol. The third-order valence-corrected chi connectivity index (χ3v) is 5.52. The largest absolute Gasteiger partial charge is 0.497 e. The van der Waals surface area contributed by atoms with Crippen LogP contribution >= 0.6 is 0 Å². The molecule has 0 amide bonds. The van der Waals surface area contributed by atoms with Gasteiger partial charge in [-0.25, -0.2) is 4.98 Å². The highest BCUT2D eigenvalue weighted by Gasteiger charge is 2.17. The number of rotatable bonds is 8. The monoisotopic (exact) mass is 435 g/mol. The molecule has 0 aliphatic carbocycles. The van der Waals surface area contributed by atoms with Gasteiger partial charge in [-0.3, -0.25) is 4.40 Å². The molecule has 1 N–H and O–H groups in total. The Bertz CT molecular complexity index is 1330. The van der Waals surface area contributed by atoms with Gasteiger partial charge in [0.25, 0.3) is 0 Å². The van der Waals surface area contributed by atoms with E-state index in [-0.39, 0.29) is 0 Å². The van der Waals surface area contributed by atoms with Crippen molar-refractivity contribution in [2.45, 2.75) is 13.2 Å². The predicted octanol–water partition coefficient (Wildman–Crippen LogP) is 6.20. The number of fused-ring (bicyclic) bond motifs is 1. The lowest BCUT2D eigenvalue weighted by molar-refractivity contribution is 0.308. The Morgan fingerprint density at radius 3 is 2.18 bits per heavy atom. The second kappa shape index (κ2) is 9.49. The van der Waals surface area contributed by atoms with Gasteiger partial charge >= 0.3 is 0 Å². The first-order valence-corrected chi connectivity index (χ1v) is 10.9.